The molecule has 0 aromatic heterocycles. The quantitative estimate of drug-likeness (QED) is 0.853. The van der Waals surface area contributed by atoms with Crippen molar-refractivity contribution < 1.29 is 8.42 Å². The summed E-state index contributed by atoms with van der Waals surface area (Å²) in [5.41, 5.74) is 1.74. The van der Waals surface area contributed by atoms with E-state index in [1.165, 1.54) is 0 Å². The van der Waals surface area contributed by atoms with Crippen LogP contribution in [0, 0.1) is 0 Å². The van der Waals surface area contributed by atoms with Crippen LogP contribution in [0.25, 0.3) is 0 Å². The highest BCUT2D eigenvalue weighted by molar-refractivity contribution is 7.91. The Morgan fingerprint density at radius 1 is 0.737 bits per heavy atom. The van der Waals surface area contributed by atoms with E-state index in [1.54, 1.807) is 24.3 Å². The van der Waals surface area contributed by atoms with E-state index in [-0.39, 0.29) is 0 Å². The first-order chi connectivity index (χ1) is 9.11. The molecule has 0 aliphatic carbocycles. The fourth-order valence-corrected chi connectivity index (χ4v) is 4.10. The average Bonchev–Trinajstić information content (AvgIpc) is 2.47. The Morgan fingerprint density at radius 2 is 1.11 bits per heavy atom. The summed E-state index contributed by atoms with van der Waals surface area (Å²) >= 11 is 0. The molecule has 0 unspecified atom stereocenters. The minimum atomic E-state index is -3.42. The second-order valence-corrected chi connectivity index (χ2v) is 6.31. The van der Waals surface area contributed by atoms with E-state index in [0.29, 0.717) is 22.6 Å². The Bertz CT molecular complexity index is 619. The fourth-order valence-electron chi connectivity index (χ4n) is 2.23. The summed E-state index contributed by atoms with van der Waals surface area (Å²) in [5, 5.41) is 0. The van der Waals surface area contributed by atoms with Crippen LogP contribution in [-0.4, -0.2) is 8.42 Å². The topological polar surface area (TPSA) is 34.1 Å². The van der Waals surface area contributed by atoms with Gasteiger partial charge in [-0.2, -0.15) is 0 Å². The van der Waals surface area contributed by atoms with Crippen molar-refractivity contribution >= 4 is 9.84 Å². The molecule has 0 spiro atoms. The zero-order valence-electron chi connectivity index (χ0n) is 11.3. The molecule has 19 heavy (non-hydrogen) atoms. The van der Waals surface area contributed by atoms with Gasteiger partial charge in [0, 0.05) is 0 Å². The summed E-state index contributed by atoms with van der Waals surface area (Å²) in [7, 11) is -3.42. The highest BCUT2D eigenvalue weighted by atomic mass is 32.2. The first-order valence-electron chi connectivity index (χ1n) is 6.52. The second kappa shape index (κ2) is 5.57. The molecule has 2 aromatic carbocycles. The van der Waals surface area contributed by atoms with Crippen molar-refractivity contribution in [2.24, 2.45) is 0 Å². The van der Waals surface area contributed by atoms with Crippen LogP contribution in [-0.2, 0) is 22.7 Å². The van der Waals surface area contributed by atoms with Crippen molar-refractivity contribution in [1.82, 2.24) is 0 Å². The largest absolute Gasteiger partial charge is 0.218 e. The molecule has 2 aromatic rings. The molecule has 0 amide bonds. The van der Waals surface area contributed by atoms with Gasteiger partial charge in [-0.1, -0.05) is 50.2 Å². The van der Waals surface area contributed by atoms with Gasteiger partial charge in [-0.15, -0.1) is 0 Å². The first kappa shape index (κ1) is 13.8. The van der Waals surface area contributed by atoms with E-state index >= 15 is 0 Å². The van der Waals surface area contributed by atoms with Crippen molar-refractivity contribution in [1.29, 1.82) is 0 Å². The Kier molecular flexibility index (Phi) is 4.05. The van der Waals surface area contributed by atoms with E-state index in [4.69, 9.17) is 0 Å². The molecule has 2 rings (SSSR count). The molecule has 0 saturated heterocycles. The van der Waals surface area contributed by atoms with E-state index in [1.807, 2.05) is 38.1 Å². The molecule has 0 aliphatic rings. The maximum Gasteiger partial charge on any atom is 0.207 e. The van der Waals surface area contributed by atoms with Crippen molar-refractivity contribution in [3.8, 4) is 0 Å². The molecule has 2 nitrogen and oxygen atoms in total. The lowest BCUT2D eigenvalue weighted by Gasteiger charge is -2.12. The van der Waals surface area contributed by atoms with Gasteiger partial charge in [0.25, 0.3) is 0 Å². The molecule has 0 saturated carbocycles. The molecule has 0 aliphatic heterocycles. The van der Waals surface area contributed by atoms with E-state index in [2.05, 4.69) is 0 Å². The number of hydrogen-bond donors (Lipinski definition) is 0. The predicted octanol–water partition coefficient (Wildman–Crippen LogP) is 3.64. The van der Waals surface area contributed by atoms with Gasteiger partial charge in [0.15, 0.2) is 0 Å². The smallest absolute Gasteiger partial charge is 0.207 e. The summed E-state index contributed by atoms with van der Waals surface area (Å²) in [6, 6.07) is 14.5. The number of benzene rings is 2. The molecule has 0 atom stereocenters. The third-order valence-corrected chi connectivity index (χ3v) is 5.24. The van der Waals surface area contributed by atoms with Gasteiger partial charge in [0.2, 0.25) is 9.84 Å². The molecule has 0 bridgehead atoms. The van der Waals surface area contributed by atoms with Crippen LogP contribution >= 0.6 is 0 Å². The summed E-state index contributed by atoms with van der Waals surface area (Å²) in [6.07, 6.45) is 1.42. The SMILES string of the molecule is CCc1ccccc1S(=O)(=O)c1ccccc1CC. The summed E-state index contributed by atoms with van der Waals surface area (Å²) in [5.74, 6) is 0. The summed E-state index contributed by atoms with van der Waals surface area (Å²) < 4.78 is 25.6. The third-order valence-electron chi connectivity index (χ3n) is 3.29. The molecule has 100 valence electrons. The Labute approximate surface area is 115 Å². The maximum absolute atomic E-state index is 12.8. The minimum Gasteiger partial charge on any atom is -0.218 e. The monoisotopic (exact) mass is 274 g/mol. The summed E-state index contributed by atoms with van der Waals surface area (Å²) in [4.78, 5) is 0.858. The molecule has 0 heterocycles. The third kappa shape index (κ3) is 2.56. The zero-order valence-corrected chi connectivity index (χ0v) is 12.1. The predicted molar refractivity (Wildman–Crippen MR) is 77.1 cm³/mol. The van der Waals surface area contributed by atoms with Crippen LogP contribution in [0.1, 0.15) is 25.0 Å². The molecule has 0 N–H and O–H groups in total. The second-order valence-electron chi connectivity index (χ2n) is 4.43. The van der Waals surface area contributed by atoms with E-state index < -0.39 is 9.84 Å². The van der Waals surface area contributed by atoms with Crippen molar-refractivity contribution in [3.05, 3.63) is 59.7 Å². The number of hydrogen-bond acceptors (Lipinski definition) is 2. The van der Waals surface area contributed by atoms with Crippen molar-refractivity contribution in [3.63, 3.8) is 0 Å². The Hall–Kier alpha value is -1.61. The molecule has 0 radical (unpaired) electrons. The van der Waals surface area contributed by atoms with Gasteiger partial charge in [0.1, 0.15) is 0 Å². The van der Waals surface area contributed by atoms with Gasteiger partial charge in [-0.25, -0.2) is 8.42 Å². The lowest BCUT2D eigenvalue weighted by molar-refractivity contribution is 0.594. The van der Waals surface area contributed by atoms with Gasteiger partial charge in [-0.3, -0.25) is 0 Å². The van der Waals surface area contributed by atoms with Crippen LogP contribution in [0.15, 0.2) is 58.3 Å². The number of aryl methyl sites for hydroxylation is 2. The molecule has 0 fully saturated rings. The van der Waals surface area contributed by atoms with Crippen molar-refractivity contribution in [2.75, 3.05) is 0 Å². The van der Waals surface area contributed by atoms with E-state index in [9.17, 15) is 8.42 Å². The Balaban J connectivity index is 2.66. The van der Waals surface area contributed by atoms with Crippen LogP contribution < -0.4 is 0 Å². The highest BCUT2D eigenvalue weighted by Crippen LogP contribution is 2.27. The number of rotatable bonds is 4. The van der Waals surface area contributed by atoms with Gasteiger partial charge in [-0.05, 0) is 36.1 Å². The van der Waals surface area contributed by atoms with Crippen LogP contribution in [0.3, 0.4) is 0 Å². The maximum atomic E-state index is 12.8. The first-order valence-corrected chi connectivity index (χ1v) is 8.00. The van der Waals surface area contributed by atoms with Crippen molar-refractivity contribution in [2.45, 2.75) is 36.5 Å². The van der Waals surface area contributed by atoms with Crippen LogP contribution in [0.4, 0.5) is 0 Å². The van der Waals surface area contributed by atoms with Gasteiger partial charge >= 0.3 is 0 Å². The number of sulfone groups is 1. The lowest BCUT2D eigenvalue weighted by Crippen LogP contribution is -2.07. The fraction of sp³-hybridized carbons (Fsp3) is 0.250. The normalized spacial score (nSPS) is 11.5. The Morgan fingerprint density at radius 3 is 1.47 bits per heavy atom. The van der Waals surface area contributed by atoms with Crippen LogP contribution in [0.5, 0.6) is 0 Å². The molecule has 3 heteroatoms. The van der Waals surface area contributed by atoms with Gasteiger partial charge < -0.3 is 0 Å². The molecular weight excluding hydrogens is 256 g/mol. The average molecular weight is 274 g/mol. The van der Waals surface area contributed by atoms with Gasteiger partial charge in [0.05, 0.1) is 9.79 Å². The standard InChI is InChI=1S/C16H18O2S/c1-3-13-9-5-7-11-15(13)19(17,18)16-12-8-6-10-14(16)4-2/h5-12H,3-4H2,1-2H3. The van der Waals surface area contributed by atoms with Crippen LogP contribution in [0.2, 0.25) is 0 Å². The highest BCUT2D eigenvalue weighted by Gasteiger charge is 2.22. The zero-order chi connectivity index (χ0) is 13.9. The van der Waals surface area contributed by atoms with E-state index in [0.717, 1.165) is 11.1 Å². The summed E-state index contributed by atoms with van der Waals surface area (Å²) in [6.45, 7) is 3.94. The minimum absolute atomic E-state index is 0.429. The lowest BCUT2D eigenvalue weighted by atomic mass is 10.2. The molecular formula is C16H18O2S.